The molecule has 0 radical (unpaired) electrons. The topological polar surface area (TPSA) is 35.6 Å². The number of likely N-dealkylation sites (N-methyl/N-ethyl adjacent to an activating group) is 1. The van der Waals surface area contributed by atoms with E-state index in [0.717, 1.165) is 18.7 Å². The SMILES string of the molecule is CN(CC(=O)NCCCN(C)c1ccccc1)Cc1c(F)cccc1Cl. The molecule has 0 unspecified atom stereocenters. The van der Waals surface area contributed by atoms with E-state index in [-0.39, 0.29) is 24.8 Å². The van der Waals surface area contributed by atoms with Crippen LogP contribution in [-0.4, -0.2) is 44.5 Å². The number of hydrogen-bond donors (Lipinski definition) is 1. The van der Waals surface area contributed by atoms with Gasteiger partial charge in [0.25, 0.3) is 0 Å². The lowest BCUT2D eigenvalue weighted by Crippen LogP contribution is -2.36. The Labute approximate surface area is 159 Å². The van der Waals surface area contributed by atoms with Gasteiger partial charge in [-0.05, 0) is 37.7 Å². The first-order valence-electron chi connectivity index (χ1n) is 8.61. The molecule has 1 N–H and O–H groups in total. The number of nitrogens with zero attached hydrogens (tertiary/aromatic N) is 2. The first kappa shape index (κ1) is 20.2. The molecule has 0 fully saturated rings. The minimum Gasteiger partial charge on any atom is -0.375 e. The second kappa shape index (κ2) is 10.1. The lowest BCUT2D eigenvalue weighted by atomic mass is 10.2. The summed E-state index contributed by atoms with van der Waals surface area (Å²) in [6, 6.07) is 14.7. The van der Waals surface area contributed by atoms with Crippen molar-refractivity contribution < 1.29 is 9.18 Å². The molecule has 0 aliphatic carbocycles. The quantitative estimate of drug-likeness (QED) is 0.679. The normalized spacial score (nSPS) is 10.8. The van der Waals surface area contributed by atoms with Crippen LogP contribution in [-0.2, 0) is 11.3 Å². The number of halogens is 2. The highest BCUT2D eigenvalue weighted by Gasteiger charge is 2.12. The van der Waals surface area contributed by atoms with E-state index in [1.54, 1.807) is 24.1 Å². The Morgan fingerprint density at radius 2 is 1.85 bits per heavy atom. The van der Waals surface area contributed by atoms with Gasteiger partial charge in [0.2, 0.25) is 5.91 Å². The van der Waals surface area contributed by atoms with E-state index in [2.05, 4.69) is 22.3 Å². The van der Waals surface area contributed by atoms with Crippen LogP contribution in [0.4, 0.5) is 10.1 Å². The Balaban J connectivity index is 1.68. The molecule has 0 spiro atoms. The minimum absolute atomic E-state index is 0.0812. The third-order valence-electron chi connectivity index (χ3n) is 4.09. The molecule has 0 saturated carbocycles. The lowest BCUT2D eigenvalue weighted by molar-refractivity contribution is -0.122. The van der Waals surface area contributed by atoms with Gasteiger partial charge in [-0.3, -0.25) is 9.69 Å². The maximum absolute atomic E-state index is 13.8. The van der Waals surface area contributed by atoms with Gasteiger partial charge >= 0.3 is 0 Å². The van der Waals surface area contributed by atoms with Gasteiger partial charge in [-0.2, -0.15) is 0 Å². The van der Waals surface area contributed by atoms with E-state index in [9.17, 15) is 9.18 Å². The molecule has 140 valence electrons. The van der Waals surface area contributed by atoms with Crippen LogP contribution in [0.1, 0.15) is 12.0 Å². The van der Waals surface area contributed by atoms with Crippen LogP contribution in [0, 0.1) is 5.82 Å². The van der Waals surface area contributed by atoms with Crippen molar-refractivity contribution >= 4 is 23.2 Å². The molecule has 2 aromatic rings. The number of para-hydroxylation sites is 1. The van der Waals surface area contributed by atoms with Gasteiger partial charge in [0, 0.05) is 43.0 Å². The van der Waals surface area contributed by atoms with Gasteiger partial charge in [-0.25, -0.2) is 4.39 Å². The van der Waals surface area contributed by atoms with Crippen LogP contribution >= 0.6 is 11.6 Å². The predicted molar refractivity (Wildman–Crippen MR) is 105 cm³/mol. The monoisotopic (exact) mass is 377 g/mol. The van der Waals surface area contributed by atoms with E-state index in [1.807, 2.05) is 25.2 Å². The molecular weight excluding hydrogens is 353 g/mol. The fourth-order valence-electron chi connectivity index (χ4n) is 2.67. The van der Waals surface area contributed by atoms with Crippen molar-refractivity contribution in [2.45, 2.75) is 13.0 Å². The van der Waals surface area contributed by atoms with E-state index in [1.165, 1.54) is 6.07 Å². The van der Waals surface area contributed by atoms with Crippen LogP contribution in [0.5, 0.6) is 0 Å². The molecule has 0 heterocycles. The number of hydrogen-bond acceptors (Lipinski definition) is 3. The second-order valence-corrected chi connectivity index (χ2v) is 6.74. The van der Waals surface area contributed by atoms with E-state index in [4.69, 9.17) is 11.6 Å². The molecule has 0 aromatic heterocycles. The number of carbonyl (C=O) groups excluding carboxylic acids is 1. The Kier molecular flexibility index (Phi) is 7.88. The largest absolute Gasteiger partial charge is 0.375 e. The van der Waals surface area contributed by atoms with Gasteiger partial charge in [-0.1, -0.05) is 35.9 Å². The molecule has 0 saturated heterocycles. The Morgan fingerprint density at radius 1 is 1.12 bits per heavy atom. The molecule has 2 rings (SSSR count). The zero-order chi connectivity index (χ0) is 18.9. The van der Waals surface area contributed by atoms with Gasteiger partial charge in [0.15, 0.2) is 0 Å². The molecule has 0 aliphatic rings. The lowest BCUT2D eigenvalue weighted by Gasteiger charge is -2.20. The van der Waals surface area contributed by atoms with Crippen molar-refractivity contribution in [1.82, 2.24) is 10.2 Å². The highest BCUT2D eigenvalue weighted by atomic mass is 35.5. The average Bonchev–Trinajstić information content (AvgIpc) is 2.62. The van der Waals surface area contributed by atoms with Crippen LogP contribution in [0.2, 0.25) is 5.02 Å². The maximum Gasteiger partial charge on any atom is 0.234 e. The summed E-state index contributed by atoms with van der Waals surface area (Å²) in [6.45, 7) is 1.93. The molecule has 1 amide bonds. The first-order chi connectivity index (χ1) is 12.5. The molecule has 2 aromatic carbocycles. The van der Waals surface area contributed by atoms with Gasteiger partial charge < -0.3 is 10.2 Å². The molecule has 0 aliphatic heterocycles. The average molecular weight is 378 g/mol. The van der Waals surface area contributed by atoms with E-state index in [0.29, 0.717) is 17.1 Å². The number of amides is 1. The third kappa shape index (κ3) is 6.32. The molecule has 6 heteroatoms. The smallest absolute Gasteiger partial charge is 0.234 e. The maximum atomic E-state index is 13.8. The zero-order valence-corrected chi connectivity index (χ0v) is 16.0. The fourth-order valence-corrected chi connectivity index (χ4v) is 2.89. The summed E-state index contributed by atoms with van der Waals surface area (Å²) >= 11 is 6.02. The third-order valence-corrected chi connectivity index (χ3v) is 4.45. The zero-order valence-electron chi connectivity index (χ0n) is 15.2. The van der Waals surface area contributed by atoms with Crippen LogP contribution in [0.15, 0.2) is 48.5 Å². The Hall–Kier alpha value is -2.11. The van der Waals surface area contributed by atoms with Crippen molar-refractivity contribution in [3.63, 3.8) is 0 Å². The number of rotatable bonds is 9. The van der Waals surface area contributed by atoms with Crippen molar-refractivity contribution in [2.24, 2.45) is 0 Å². The van der Waals surface area contributed by atoms with Crippen molar-refractivity contribution in [3.05, 3.63) is 64.9 Å². The van der Waals surface area contributed by atoms with E-state index >= 15 is 0 Å². The second-order valence-electron chi connectivity index (χ2n) is 6.33. The van der Waals surface area contributed by atoms with Gasteiger partial charge in [0.05, 0.1) is 6.54 Å². The van der Waals surface area contributed by atoms with Crippen LogP contribution in [0.25, 0.3) is 0 Å². The Bertz CT molecular complexity index is 691. The highest BCUT2D eigenvalue weighted by molar-refractivity contribution is 6.31. The van der Waals surface area contributed by atoms with E-state index < -0.39 is 0 Å². The van der Waals surface area contributed by atoms with Crippen molar-refractivity contribution in [3.8, 4) is 0 Å². The van der Waals surface area contributed by atoms with Crippen LogP contribution in [0.3, 0.4) is 0 Å². The summed E-state index contributed by atoms with van der Waals surface area (Å²) in [4.78, 5) is 15.9. The number of carbonyl (C=O) groups is 1. The fraction of sp³-hybridized carbons (Fsp3) is 0.350. The summed E-state index contributed by atoms with van der Waals surface area (Å²) in [5, 5.41) is 3.28. The summed E-state index contributed by atoms with van der Waals surface area (Å²) in [6.07, 6.45) is 0.847. The summed E-state index contributed by atoms with van der Waals surface area (Å²) in [7, 11) is 3.80. The Morgan fingerprint density at radius 3 is 2.54 bits per heavy atom. The predicted octanol–water partition coefficient (Wildman–Crippen LogP) is 3.55. The molecular formula is C20H25ClFN3O. The number of anilines is 1. The number of benzene rings is 2. The molecule has 0 bridgehead atoms. The minimum atomic E-state index is -0.353. The molecule has 26 heavy (non-hydrogen) atoms. The summed E-state index contributed by atoms with van der Waals surface area (Å²) in [5.74, 6) is -0.434. The van der Waals surface area contributed by atoms with Crippen LogP contribution < -0.4 is 10.2 Å². The standard InChI is InChI=1S/C20H25ClFN3O/c1-24(14-17-18(21)10-6-11-19(17)22)15-20(26)23-12-7-13-25(2)16-8-4-3-5-9-16/h3-6,8-11H,7,12-15H2,1-2H3,(H,23,26). The summed E-state index contributed by atoms with van der Waals surface area (Å²) in [5.41, 5.74) is 1.56. The first-order valence-corrected chi connectivity index (χ1v) is 8.99. The number of nitrogens with one attached hydrogen (secondary N) is 1. The molecule has 0 atom stereocenters. The van der Waals surface area contributed by atoms with Gasteiger partial charge in [0.1, 0.15) is 5.82 Å². The van der Waals surface area contributed by atoms with Crippen molar-refractivity contribution in [1.29, 1.82) is 0 Å². The molecule has 4 nitrogen and oxygen atoms in total. The van der Waals surface area contributed by atoms with Gasteiger partial charge in [-0.15, -0.1) is 0 Å². The summed E-state index contributed by atoms with van der Waals surface area (Å²) < 4.78 is 13.8. The highest BCUT2D eigenvalue weighted by Crippen LogP contribution is 2.20. The van der Waals surface area contributed by atoms with Crippen molar-refractivity contribution in [2.75, 3.05) is 38.6 Å².